The van der Waals surface area contributed by atoms with Gasteiger partial charge in [-0.05, 0) is 0 Å². The number of halogens is 1. The van der Waals surface area contributed by atoms with E-state index in [1.165, 1.54) is 0 Å². The van der Waals surface area contributed by atoms with Crippen molar-refractivity contribution in [1.29, 1.82) is 0 Å². The molecule has 0 aliphatic carbocycles. The molecule has 2 nitrogen and oxygen atoms in total. The Kier molecular flexibility index (Phi) is 4.88. The van der Waals surface area contributed by atoms with Crippen molar-refractivity contribution < 1.29 is 42.2 Å². The van der Waals surface area contributed by atoms with E-state index in [4.69, 9.17) is 9.47 Å². The summed E-state index contributed by atoms with van der Waals surface area (Å²) in [6, 6.07) is 7.02. The summed E-state index contributed by atoms with van der Waals surface area (Å²) in [5.41, 5.74) is 1.07. The molecule has 2 rings (SSSR count). The molecule has 1 radical (unpaired) electrons. The van der Waals surface area contributed by atoms with E-state index in [0.717, 1.165) is 22.4 Å². The molecule has 1 aromatic rings. The second-order valence-electron chi connectivity index (χ2n) is 3.04. The molecule has 1 aliphatic heterocycles. The van der Waals surface area contributed by atoms with Crippen LogP contribution in [0.1, 0.15) is 5.56 Å². The Labute approximate surface area is 117 Å². The fraction of sp³-hybridized carbons (Fsp3) is 0.400. The molecule has 0 N–H and O–H groups in total. The Balaban J connectivity index is 0.000000980. The monoisotopic (exact) mass is 330 g/mol. The molecule has 0 aromatic heterocycles. The van der Waals surface area contributed by atoms with Crippen molar-refractivity contribution in [3.8, 4) is 11.5 Å². The molecule has 1 unspecified atom stereocenters. The number of alkyl halides is 1. The van der Waals surface area contributed by atoms with Gasteiger partial charge in [0, 0.05) is 49.5 Å². The summed E-state index contributed by atoms with van der Waals surface area (Å²) in [7, 11) is 0. The predicted octanol–water partition coefficient (Wildman–Crippen LogP) is 2.33. The first-order chi connectivity index (χ1) is 6.29. The predicted molar refractivity (Wildman–Crippen MR) is 53.7 cm³/mol. The third-order valence-corrected chi connectivity index (χ3v) is 2.62. The quantitative estimate of drug-likeness (QED) is 0.581. The van der Waals surface area contributed by atoms with Gasteiger partial charge in [-0.3, -0.25) is 0 Å². The van der Waals surface area contributed by atoms with Gasteiger partial charge in [-0.1, -0.05) is 22.9 Å². The van der Waals surface area contributed by atoms with E-state index in [-0.39, 0.29) is 38.8 Å². The number of hydrogen-bond donors (Lipinski definition) is 0. The fourth-order valence-electron chi connectivity index (χ4n) is 1.22. The van der Waals surface area contributed by atoms with Crippen LogP contribution in [0, 0.1) is 13.0 Å². The molecule has 1 aliphatic rings. The van der Waals surface area contributed by atoms with Gasteiger partial charge in [-0.2, -0.15) is 11.6 Å². The van der Waals surface area contributed by atoms with Gasteiger partial charge in [0.15, 0.2) is 0 Å². The average molecular weight is 331 g/mol. The summed E-state index contributed by atoms with van der Waals surface area (Å²) < 4.78 is 11.1. The van der Waals surface area contributed by atoms with Crippen LogP contribution in [0.25, 0.3) is 0 Å². The van der Waals surface area contributed by atoms with Crippen molar-refractivity contribution in [2.75, 3.05) is 11.9 Å². The van der Waals surface area contributed by atoms with E-state index in [1.807, 2.05) is 19.1 Å². The molecule has 0 saturated carbocycles. The topological polar surface area (TPSA) is 18.5 Å². The summed E-state index contributed by atoms with van der Waals surface area (Å²) in [4.78, 5) is 0. The molecule has 0 saturated heterocycles. The first kappa shape index (κ1) is 12.5. The summed E-state index contributed by atoms with van der Waals surface area (Å²) in [6.07, 6.45) is 0.102. The van der Waals surface area contributed by atoms with Crippen LogP contribution in [0.5, 0.6) is 11.5 Å². The van der Waals surface area contributed by atoms with Gasteiger partial charge >= 0.3 is 0 Å². The smallest absolute Gasteiger partial charge is 0.138 e. The van der Waals surface area contributed by atoms with Gasteiger partial charge in [-0.25, -0.2) is 0 Å². The Hall–Kier alpha value is 0.404. The minimum absolute atomic E-state index is 0. The Morgan fingerprint density at radius 2 is 2.36 bits per heavy atom. The zero-order valence-corrected chi connectivity index (χ0v) is 12.3. The van der Waals surface area contributed by atoms with Crippen LogP contribution in [0.15, 0.2) is 12.1 Å². The molecule has 1 heterocycles. The first-order valence-corrected chi connectivity index (χ1v) is 5.30. The number of aryl methyl sites for hydroxylation is 1. The van der Waals surface area contributed by atoms with Crippen LogP contribution in [0.4, 0.5) is 0 Å². The van der Waals surface area contributed by atoms with Crippen LogP contribution in [0.2, 0.25) is 0 Å². The molecular formula is C10H10BrO2Y-. The molecule has 1 atom stereocenters. The van der Waals surface area contributed by atoms with E-state index in [2.05, 4.69) is 22.0 Å². The minimum atomic E-state index is 0. The van der Waals surface area contributed by atoms with E-state index in [0.29, 0.717) is 6.61 Å². The van der Waals surface area contributed by atoms with Crippen molar-refractivity contribution >= 4 is 15.9 Å². The van der Waals surface area contributed by atoms with Crippen LogP contribution in [-0.2, 0) is 32.7 Å². The molecule has 1 aromatic carbocycles. The molecule has 14 heavy (non-hydrogen) atoms. The van der Waals surface area contributed by atoms with Crippen molar-refractivity contribution in [3.05, 3.63) is 23.8 Å². The number of rotatable bonds is 1. The molecule has 0 amide bonds. The van der Waals surface area contributed by atoms with Crippen LogP contribution in [0.3, 0.4) is 0 Å². The molecule has 4 heteroatoms. The maximum Gasteiger partial charge on any atom is 0.138 e. The zero-order chi connectivity index (χ0) is 9.26. The maximum atomic E-state index is 5.63. The Morgan fingerprint density at radius 3 is 3.07 bits per heavy atom. The summed E-state index contributed by atoms with van der Waals surface area (Å²) in [5.74, 6) is 1.53. The second-order valence-corrected chi connectivity index (χ2v) is 3.69. The maximum absolute atomic E-state index is 5.63. The van der Waals surface area contributed by atoms with Gasteiger partial charge < -0.3 is 9.47 Å². The van der Waals surface area contributed by atoms with Crippen molar-refractivity contribution in [3.63, 3.8) is 0 Å². The van der Waals surface area contributed by atoms with E-state index < -0.39 is 0 Å². The Morgan fingerprint density at radius 1 is 1.57 bits per heavy atom. The third kappa shape index (κ3) is 2.71. The number of benzene rings is 1. The van der Waals surface area contributed by atoms with E-state index in [1.54, 1.807) is 0 Å². The van der Waals surface area contributed by atoms with Crippen molar-refractivity contribution in [2.24, 2.45) is 0 Å². The van der Waals surface area contributed by atoms with Crippen LogP contribution in [-0.4, -0.2) is 18.0 Å². The number of hydrogen-bond acceptors (Lipinski definition) is 2. The number of ether oxygens (including phenoxy) is 2. The van der Waals surface area contributed by atoms with Gasteiger partial charge in [0.1, 0.15) is 12.7 Å². The third-order valence-electron chi connectivity index (χ3n) is 1.90. The number of fused-ring (bicyclic) bond motifs is 1. The standard InChI is InChI=1S/C10H10BrO2.Y/c1-7-2-3-9-10(4-7)13-8(5-11)6-12-9;/h2-3,8H,5-6H2,1H3;/q-1;. The molecule has 0 fully saturated rings. The molecule has 0 spiro atoms. The largest absolute Gasteiger partial charge is 0.544 e. The summed E-state index contributed by atoms with van der Waals surface area (Å²) in [5, 5.41) is 0.786. The van der Waals surface area contributed by atoms with Crippen molar-refractivity contribution in [1.82, 2.24) is 0 Å². The molecule has 0 bridgehead atoms. The van der Waals surface area contributed by atoms with Crippen LogP contribution >= 0.6 is 15.9 Å². The SMILES string of the molecule is Cc1[c-]c2c(cc1)OCC(CBr)O2.[Y]. The first-order valence-electron chi connectivity index (χ1n) is 4.18. The van der Waals surface area contributed by atoms with Gasteiger partial charge in [0.25, 0.3) is 0 Å². The summed E-state index contributed by atoms with van der Waals surface area (Å²) >= 11 is 3.36. The zero-order valence-electron chi connectivity index (χ0n) is 7.92. The van der Waals surface area contributed by atoms with Gasteiger partial charge in [-0.15, -0.1) is 12.1 Å². The van der Waals surface area contributed by atoms with Crippen molar-refractivity contribution in [2.45, 2.75) is 13.0 Å². The van der Waals surface area contributed by atoms with E-state index >= 15 is 0 Å². The van der Waals surface area contributed by atoms with Gasteiger partial charge in [0.05, 0.1) is 0 Å². The van der Waals surface area contributed by atoms with Gasteiger partial charge in [0.2, 0.25) is 0 Å². The normalized spacial score (nSPS) is 18.6. The fourth-order valence-corrected chi connectivity index (χ4v) is 1.54. The average Bonchev–Trinajstić information content (AvgIpc) is 2.16. The molecular weight excluding hydrogens is 321 g/mol. The Bertz CT molecular complexity index is 317. The molecule has 73 valence electrons. The summed E-state index contributed by atoms with van der Waals surface area (Å²) in [6.45, 7) is 2.59. The van der Waals surface area contributed by atoms with E-state index in [9.17, 15) is 0 Å². The van der Waals surface area contributed by atoms with Crippen LogP contribution < -0.4 is 9.47 Å². The minimum Gasteiger partial charge on any atom is -0.544 e. The second kappa shape index (κ2) is 5.48.